The summed E-state index contributed by atoms with van der Waals surface area (Å²) >= 11 is 0. The number of nitrogen functional groups attached to an aromatic ring is 1. The third kappa shape index (κ3) is 3.09. The van der Waals surface area contributed by atoms with Gasteiger partial charge in [0.05, 0.1) is 6.42 Å². The van der Waals surface area contributed by atoms with E-state index < -0.39 is 0 Å². The fraction of sp³-hybridized carbons (Fsp3) is 0.562. The molecule has 20 heavy (non-hydrogen) atoms. The number of benzene rings is 1. The molecule has 1 aliphatic heterocycles. The number of amides is 1. The van der Waals surface area contributed by atoms with Crippen LogP contribution in [-0.2, 0) is 11.2 Å². The summed E-state index contributed by atoms with van der Waals surface area (Å²) in [7, 11) is 0. The van der Waals surface area contributed by atoms with Gasteiger partial charge in [-0.2, -0.15) is 0 Å². The number of likely N-dealkylation sites (tertiary alicyclic amines) is 1. The zero-order valence-corrected chi connectivity index (χ0v) is 12.6. The van der Waals surface area contributed by atoms with Gasteiger partial charge in [0.1, 0.15) is 0 Å². The molecule has 1 amide bonds. The van der Waals surface area contributed by atoms with Crippen LogP contribution >= 0.6 is 12.4 Å². The SMILES string of the molecule is Cl.Nc1ccc(CC(=O)N2CCCC2C2CCC2)cc1. The van der Waals surface area contributed by atoms with Crippen LogP contribution in [0.2, 0.25) is 0 Å². The molecule has 1 heterocycles. The van der Waals surface area contributed by atoms with E-state index in [1.165, 1.54) is 32.1 Å². The number of nitrogens with two attached hydrogens (primary N) is 1. The predicted octanol–water partition coefficient (Wildman–Crippen LogP) is 3.02. The van der Waals surface area contributed by atoms with Crippen molar-refractivity contribution in [3.8, 4) is 0 Å². The molecule has 4 heteroatoms. The van der Waals surface area contributed by atoms with Gasteiger partial charge in [0, 0.05) is 18.3 Å². The van der Waals surface area contributed by atoms with E-state index in [2.05, 4.69) is 4.90 Å². The van der Waals surface area contributed by atoms with Crippen LogP contribution in [0.25, 0.3) is 0 Å². The molecule has 2 fully saturated rings. The van der Waals surface area contributed by atoms with Gasteiger partial charge in [0.15, 0.2) is 0 Å². The monoisotopic (exact) mass is 294 g/mol. The number of hydrogen-bond donors (Lipinski definition) is 1. The van der Waals surface area contributed by atoms with E-state index in [0.29, 0.717) is 18.4 Å². The normalized spacial score (nSPS) is 22.2. The minimum atomic E-state index is 0. The molecular formula is C16H23ClN2O. The first-order chi connectivity index (χ1) is 9.24. The highest BCUT2D eigenvalue weighted by Crippen LogP contribution is 2.37. The highest BCUT2D eigenvalue weighted by Gasteiger charge is 2.36. The molecule has 1 aromatic carbocycles. The Morgan fingerprint density at radius 1 is 1.15 bits per heavy atom. The summed E-state index contributed by atoms with van der Waals surface area (Å²) in [6, 6.07) is 8.19. The second kappa shape index (κ2) is 6.49. The van der Waals surface area contributed by atoms with Crippen molar-refractivity contribution in [2.45, 2.75) is 44.6 Å². The van der Waals surface area contributed by atoms with Gasteiger partial charge >= 0.3 is 0 Å². The topological polar surface area (TPSA) is 46.3 Å². The Bertz CT molecular complexity index is 456. The number of rotatable bonds is 3. The highest BCUT2D eigenvalue weighted by atomic mass is 35.5. The van der Waals surface area contributed by atoms with Crippen LogP contribution in [-0.4, -0.2) is 23.4 Å². The molecule has 1 saturated carbocycles. The minimum absolute atomic E-state index is 0. The first-order valence-electron chi connectivity index (χ1n) is 7.38. The second-order valence-corrected chi connectivity index (χ2v) is 5.91. The summed E-state index contributed by atoms with van der Waals surface area (Å²) in [5.74, 6) is 1.07. The summed E-state index contributed by atoms with van der Waals surface area (Å²) < 4.78 is 0. The average Bonchev–Trinajstić information content (AvgIpc) is 2.79. The number of anilines is 1. The summed E-state index contributed by atoms with van der Waals surface area (Å²) in [6.45, 7) is 0.953. The smallest absolute Gasteiger partial charge is 0.227 e. The second-order valence-electron chi connectivity index (χ2n) is 5.91. The van der Waals surface area contributed by atoms with Crippen molar-refractivity contribution in [2.24, 2.45) is 5.92 Å². The Morgan fingerprint density at radius 2 is 1.85 bits per heavy atom. The molecule has 0 radical (unpaired) electrons. The van der Waals surface area contributed by atoms with Crippen LogP contribution in [0.5, 0.6) is 0 Å². The Labute approximate surface area is 126 Å². The highest BCUT2D eigenvalue weighted by molar-refractivity contribution is 5.85. The van der Waals surface area contributed by atoms with Gasteiger partial charge in [-0.15, -0.1) is 12.4 Å². The number of hydrogen-bond acceptors (Lipinski definition) is 2. The molecule has 110 valence electrons. The number of halogens is 1. The molecule has 3 rings (SSSR count). The van der Waals surface area contributed by atoms with Crippen molar-refractivity contribution in [2.75, 3.05) is 12.3 Å². The minimum Gasteiger partial charge on any atom is -0.399 e. The number of nitrogens with zero attached hydrogens (tertiary/aromatic N) is 1. The molecule has 1 aliphatic carbocycles. The van der Waals surface area contributed by atoms with Crippen molar-refractivity contribution in [3.05, 3.63) is 29.8 Å². The first-order valence-corrected chi connectivity index (χ1v) is 7.38. The van der Waals surface area contributed by atoms with Crippen molar-refractivity contribution < 1.29 is 4.79 Å². The molecule has 1 aromatic rings. The molecule has 1 saturated heterocycles. The number of carbonyl (C=O) groups excluding carboxylic acids is 1. The van der Waals surface area contributed by atoms with Crippen molar-refractivity contribution in [3.63, 3.8) is 0 Å². The lowest BCUT2D eigenvalue weighted by Gasteiger charge is -2.37. The van der Waals surface area contributed by atoms with Crippen LogP contribution in [0, 0.1) is 5.92 Å². The van der Waals surface area contributed by atoms with E-state index in [-0.39, 0.29) is 12.4 Å². The Hall–Kier alpha value is -1.22. The van der Waals surface area contributed by atoms with Gasteiger partial charge in [-0.05, 0) is 49.3 Å². The summed E-state index contributed by atoms with van der Waals surface area (Å²) in [4.78, 5) is 14.6. The maximum atomic E-state index is 12.4. The van der Waals surface area contributed by atoms with Crippen LogP contribution in [0.1, 0.15) is 37.7 Å². The molecule has 1 unspecified atom stereocenters. The third-order valence-electron chi connectivity index (χ3n) is 4.65. The average molecular weight is 295 g/mol. The van der Waals surface area contributed by atoms with E-state index in [1.54, 1.807) is 0 Å². The molecule has 3 nitrogen and oxygen atoms in total. The lowest BCUT2D eigenvalue weighted by molar-refractivity contribution is -0.132. The first kappa shape index (κ1) is 15.2. The van der Waals surface area contributed by atoms with Crippen LogP contribution in [0.4, 0.5) is 5.69 Å². The van der Waals surface area contributed by atoms with Gasteiger partial charge in [-0.25, -0.2) is 0 Å². The predicted molar refractivity (Wildman–Crippen MR) is 83.9 cm³/mol. The molecule has 0 bridgehead atoms. The molecule has 1 atom stereocenters. The van der Waals surface area contributed by atoms with Crippen LogP contribution in [0.15, 0.2) is 24.3 Å². The van der Waals surface area contributed by atoms with Crippen LogP contribution < -0.4 is 5.73 Å². The summed E-state index contributed by atoms with van der Waals surface area (Å²) in [6.07, 6.45) is 6.88. The molecule has 2 N–H and O–H groups in total. The van der Waals surface area contributed by atoms with Gasteiger partial charge in [-0.3, -0.25) is 4.79 Å². The standard InChI is InChI=1S/C16H22N2O.ClH/c17-14-8-6-12(7-9-14)11-16(19)18-10-2-5-15(18)13-3-1-4-13;/h6-9,13,15H,1-5,10-11,17H2;1H. The zero-order chi connectivity index (χ0) is 13.2. The summed E-state index contributed by atoms with van der Waals surface area (Å²) in [5, 5.41) is 0. The largest absolute Gasteiger partial charge is 0.399 e. The lowest BCUT2D eigenvalue weighted by Crippen LogP contribution is -2.43. The van der Waals surface area contributed by atoms with Crippen molar-refractivity contribution in [1.29, 1.82) is 0 Å². The molecule has 0 spiro atoms. The van der Waals surface area contributed by atoms with E-state index in [4.69, 9.17) is 5.73 Å². The van der Waals surface area contributed by atoms with Gasteiger partial charge in [0.2, 0.25) is 5.91 Å². The van der Waals surface area contributed by atoms with Gasteiger partial charge in [0.25, 0.3) is 0 Å². The molecule has 2 aliphatic rings. The maximum Gasteiger partial charge on any atom is 0.227 e. The molecular weight excluding hydrogens is 272 g/mol. The van der Waals surface area contributed by atoms with E-state index in [1.807, 2.05) is 24.3 Å². The van der Waals surface area contributed by atoms with E-state index in [9.17, 15) is 4.79 Å². The summed E-state index contributed by atoms with van der Waals surface area (Å²) in [5.41, 5.74) is 7.49. The fourth-order valence-corrected chi connectivity index (χ4v) is 3.33. The number of carbonyl (C=O) groups is 1. The Balaban J connectivity index is 0.00000147. The third-order valence-corrected chi connectivity index (χ3v) is 4.65. The molecule has 0 aromatic heterocycles. The Kier molecular flexibility index (Phi) is 4.92. The Morgan fingerprint density at radius 3 is 2.45 bits per heavy atom. The van der Waals surface area contributed by atoms with E-state index >= 15 is 0 Å². The van der Waals surface area contributed by atoms with Gasteiger partial charge < -0.3 is 10.6 Å². The van der Waals surface area contributed by atoms with E-state index in [0.717, 1.165) is 23.7 Å². The van der Waals surface area contributed by atoms with Crippen LogP contribution in [0.3, 0.4) is 0 Å². The van der Waals surface area contributed by atoms with Gasteiger partial charge in [-0.1, -0.05) is 18.6 Å². The van der Waals surface area contributed by atoms with Crippen molar-refractivity contribution >= 4 is 24.0 Å². The zero-order valence-electron chi connectivity index (χ0n) is 11.8. The maximum absolute atomic E-state index is 12.4. The quantitative estimate of drug-likeness (QED) is 0.871. The fourth-order valence-electron chi connectivity index (χ4n) is 3.33. The lowest BCUT2D eigenvalue weighted by atomic mass is 9.78. The van der Waals surface area contributed by atoms with Crippen molar-refractivity contribution in [1.82, 2.24) is 4.90 Å².